The molecule has 0 unspecified atom stereocenters. The van der Waals surface area contributed by atoms with Gasteiger partial charge in [-0.3, -0.25) is 4.98 Å². The number of anilines is 1. The Balaban J connectivity index is 2.43. The molecule has 0 spiro atoms. The van der Waals surface area contributed by atoms with Crippen molar-refractivity contribution in [2.24, 2.45) is 5.84 Å². The van der Waals surface area contributed by atoms with Gasteiger partial charge < -0.3 is 5.43 Å². The third kappa shape index (κ3) is 2.76. The molecule has 0 fully saturated rings. The fraction of sp³-hybridized carbons (Fsp3) is 0.250. The van der Waals surface area contributed by atoms with Crippen molar-refractivity contribution >= 4 is 5.82 Å². The highest BCUT2D eigenvalue weighted by Gasteiger charge is 2.05. The van der Waals surface area contributed by atoms with E-state index in [-0.39, 0.29) is 0 Å². The second-order valence-electron chi connectivity index (χ2n) is 3.70. The van der Waals surface area contributed by atoms with Crippen molar-refractivity contribution in [1.82, 2.24) is 15.0 Å². The highest BCUT2D eigenvalue weighted by molar-refractivity contribution is 5.56. The van der Waals surface area contributed by atoms with Gasteiger partial charge in [-0.25, -0.2) is 15.8 Å². The molecule has 0 aliphatic rings. The summed E-state index contributed by atoms with van der Waals surface area (Å²) in [6.45, 7) is 2.11. The van der Waals surface area contributed by atoms with Crippen molar-refractivity contribution in [2.45, 2.75) is 19.8 Å². The van der Waals surface area contributed by atoms with E-state index in [1.54, 1.807) is 12.4 Å². The minimum atomic E-state index is 0.627. The summed E-state index contributed by atoms with van der Waals surface area (Å²) >= 11 is 0. The Morgan fingerprint density at radius 2 is 2.24 bits per heavy atom. The third-order valence-corrected chi connectivity index (χ3v) is 2.35. The van der Waals surface area contributed by atoms with Gasteiger partial charge in [-0.1, -0.05) is 13.3 Å². The van der Waals surface area contributed by atoms with E-state index in [1.807, 2.05) is 18.2 Å². The molecular weight excluding hydrogens is 214 g/mol. The van der Waals surface area contributed by atoms with Crippen molar-refractivity contribution in [3.05, 3.63) is 36.3 Å². The highest BCUT2D eigenvalue weighted by Crippen LogP contribution is 2.17. The van der Waals surface area contributed by atoms with Crippen molar-refractivity contribution in [1.29, 1.82) is 0 Å². The van der Waals surface area contributed by atoms with E-state index < -0.39 is 0 Å². The van der Waals surface area contributed by atoms with Crippen molar-refractivity contribution < 1.29 is 0 Å². The fourth-order valence-corrected chi connectivity index (χ4v) is 1.58. The van der Waals surface area contributed by atoms with E-state index in [2.05, 4.69) is 27.3 Å². The first kappa shape index (κ1) is 11.5. The van der Waals surface area contributed by atoms with E-state index in [1.165, 1.54) is 0 Å². The molecule has 0 radical (unpaired) electrons. The van der Waals surface area contributed by atoms with Gasteiger partial charge in [0, 0.05) is 29.7 Å². The number of nitrogens with two attached hydrogens (primary N) is 1. The molecule has 0 aliphatic carbocycles. The fourth-order valence-electron chi connectivity index (χ4n) is 1.58. The van der Waals surface area contributed by atoms with E-state index in [9.17, 15) is 0 Å². The zero-order valence-electron chi connectivity index (χ0n) is 9.72. The topological polar surface area (TPSA) is 76.7 Å². The summed E-state index contributed by atoms with van der Waals surface area (Å²) in [5.41, 5.74) is 4.44. The number of rotatable bonds is 4. The monoisotopic (exact) mass is 229 g/mol. The number of nitrogen functional groups attached to an aromatic ring is 1. The van der Waals surface area contributed by atoms with Gasteiger partial charge in [0.15, 0.2) is 5.82 Å². The molecule has 17 heavy (non-hydrogen) atoms. The molecule has 0 atom stereocenters. The van der Waals surface area contributed by atoms with Crippen LogP contribution in [0.3, 0.4) is 0 Å². The van der Waals surface area contributed by atoms with E-state index in [0.29, 0.717) is 11.6 Å². The van der Waals surface area contributed by atoms with Gasteiger partial charge in [0.05, 0.1) is 0 Å². The number of hydrogen-bond donors (Lipinski definition) is 2. The maximum Gasteiger partial charge on any atom is 0.163 e. The van der Waals surface area contributed by atoms with Crippen molar-refractivity contribution in [2.75, 3.05) is 5.43 Å². The molecule has 0 aromatic carbocycles. The van der Waals surface area contributed by atoms with Crippen LogP contribution in [0.15, 0.2) is 30.6 Å². The molecule has 0 saturated heterocycles. The SMILES string of the molecule is CCCc1cc(NN)nc(-c2cccnc2)n1. The molecule has 0 saturated carbocycles. The van der Waals surface area contributed by atoms with Gasteiger partial charge in [-0.05, 0) is 18.6 Å². The number of hydrazine groups is 1. The first-order valence-electron chi connectivity index (χ1n) is 5.58. The Hall–Kier alpha value is -2.01. The minimum absolute atomic E-state index is 0.627. The zero-order chi connectivity index (χ0) is 12.1. The highest BCUT2D eigenvalue weighted by atomic mass is 15.3. The summed E-state index contributed by atoms with van der Waals surface area (Å²) < 4.78 is 0. The van der Waals surface area contributed by atoms with E-state index in [0.717, 1.165) is 24.1 Å². The molecule has 2 aromatic heterocycles. The van der Waals surface area contributed by atoms with Gasteiger partial charge in [0.2, 0.25) is 0 Å². The molecule has 5 heteroatoms. The summed E-state index contributed by atoms with van der Waals surface area (Å²) in [5, 5.41) is 0. The minimum Gasteiger partial charge on any atom is -0.308 e. The molecular formula is C12H15N5. The lowest BCUT2D eigenvalue weighted by atomic mass is 10.2. The van der Waals surface area contributed by atoms with E-state index in [4.69, 9.17) is 5.84 Å². The van der Waals surface area contributed by atoms with Crippen LogP contribution in [0.5, 0.6) is 0 Å². The van der Waals surface area contributed by atoms with Crippen molar-refractivity contribution in [3.8, 4) is 11.4 Å². The average molecular weight is 229 g/mol. The Kier molecular flexibility index (Phi) is 3.62. The quantitative estimate of drug-likeness (QED) is 0.617. The second-order valence-corrected chi connectivity index (χ2v) is 3.70. The van der Waals surface area contributed by atoms with Crippen LogP contribution in [0.25, 0.3) is 11.4 Å². The normalized spacial score (nSPS) is 10.2. The molecule has 2 aromatic rings. The number of aryl methyl sites for hydroxylation is 1. The van der Waals surface area contributed by atoms with Crippen LogP contribution >= 0.6 is 0 Å². The summed E-state index contributed by atoms with van der Waals surface area (Å²) in [4.78, 5) is 12.9. The standard InChI is InChI=1S/C12H15N5/c1-2-4-10-7-11(17-13)16-12(15-10)9-5-3-6-14-8-9/h3,5-8H,2,4,13H2,1H3,(H,15,16,17). The largest absolute Gasteiger partial charge is 0.308 e. The first-order valence-corrected chi connectivity index (χ1v) is 5.58. The van der Waals surface area contributed by atoms with Crippen LogP contribution in [0.1, 0.15) is 19.0 Å². The van der Waals surface area contributed by atoms with Gasteiger partial charge in [-0.2, -0.15) is 0 Å². The smallest absolute Gasteiger partial charge is 0.163 e. The summed E-state index contributed by atoms with van der Waals surface area (Å²) in [6.07, 6.45) is 5.41. The lowest BCUT2D eigenvalue weighted by Gasteiger charge is -2.06. The molecule has 2 rings (SSSR count). The van der Waals surface area contributed by atoms with Crippen LogP contribution in [-0.2, 0) is 6.42 Å². The van der Waals surface area contributed by atoms with Gasteiger partial charge in [0.25, 0.3) is 0 Å². The second kappa shape index (κ2) is 5.36. The summed E-state index contributed by atoms with van der Waals surface area (Å²) in [5.74, 6) is 6.68. The number of aromatic nitrogens is 3. The molecule has 2 heterocycles. The lowest BCUT2D eigenvalue weighted by Crippen LogP contribution is -2.10. The molecule has 0 aliphatic heterocycles. The van der Waals surface area contributed by atoms with Gasteiger partial charge in [0.1, 0.15) is 5.82 Å². The van der Waals surface area contributed by atoms with Crippen LogP contribution in [-0.4, -0.2) is 15.0 Å². The Labute approximate surface area is 100 Å². The van der Waals surface area contributed by atoms with Gasteiger partial charge in [-0.15, -0.1) is 0 Å². The zero-order valence-corrected chi connectivity index (χ0v) is 9.72. The van der Waals surface area contributed by atoms with Gasteiger partial charge >= 0.3 is 0 Å². The van der Waals surface area contributed by atoms with Crippen LogP contribution in [0.2, 0.25) is 0 Å². The third-order valence-electron chi connectivity index (χ3n) is 2.35. The average Bonchev–Trinajstić information content (AvgIpc) is 2.40. The number of nitrogens with one attached hydrogen (secondary N) is 1. The number of hydrogen-bond acceptors (Lipinski definition) is 5. The predicted molar refractivity (Wildman–Crippen MR) is 67.1 cm³/mol. The summed E-state index contributed by atoms with van der Waals surface area (Å²) in [7, 11) is 0. The molecule has 0 bridgehead atoms. The van der Waals surface area contributed by atoms with Crippen LogP contribution in [0, 0.1) is 0 Å². The number of nitrogens with zero attached hydrogens (tertiary/aromatic N) is 3. The Morgan fingerprint density at radius 1 is 1.35 bits per heavy atom. The molecule has 0 amide bonds. The van der Waals surface area contributed by atoms with Crippen LogP contribution < -0.4 is 11.3 Å². The lowest BCUT2D eigenvalue weighted by molar-refractivity contribution is 0.875. The predicted octanol–water partition coefficient (Wildman–Crippen LogP) is 1.78. The number of pyridine rings is 1. The van der Waals surface area contributed by atoms with Crippen LogP contribution in [0.4, 0.5) is 5.82 Å². The Morgan fingerprint density at radius 3 is 2.88 bits per heavy atom. The maximum absolute atomic E-state index is 5.41. The van der Waals surface area contributed by atoms with Crippen molar-refractivity contribution in [3.63, 3.8) is 0 Å². The maximum atomic E-state index is 5.41. The summed E-state index contributed by atoms with van der Waals surface area (Å²) in [6, 6.07) is 5.66. The molecule has 88 valence electrons. The first-order chi connectivity index (χ1) is 8.33. The molecule has 3 N–H and O–H groups in total. The molecule has 5 nitrogen and oxygen atoms in total. The Bertz CT molecular complexity index is 484. The van der Waals surface area contributed by atoms with E-state index >= 15 is 0 Å².